The molecule has 0 saturated heterocycles. The van der Waals surface area contributed by atoms with E-state index in [9.17, 15) is 14.2 Å². The van der Waals surface area contributed by atoms with Gasteiger partial charge in [-0.15, -0.1) is 0 Å². The van der Waals surface area contributed by atoms with E-state index in [2.05, 4.69) is 0 Å². The van der Waals surface area contributed by atoms with E-state index in [0.29, 0.717) is 5.56 Å². The van der Waals surface area contributed by atoms with E-state index in [1.54, 1.807) is 0 Å². The molecule has 0 aliphatic heterocycles. The second-order valence-corrected chi connectivity index (χ2v) is 8.25. The van der Waals surface area contributed by atoms with Gasteiger partial charge in [0.2, 0.25) is 0 Å². The maximum absolute atomic E-state index is 10.9. The Morgan fingerprint density at radius 3 is 1.52 bits per heavy atom. The standard InChI is InChI=1S/C11H18O8P2/c12-7-8-5-9(1-3-20(14,15)16)11(13)10(6-8)2-4-21(17,18)19/h5-6,12-13H,1-4,7H2,(H2,14,15,16)(H2,17,18,19). The summed E-state index contributed by atoms with van der Waals surface area (Å²) in [7, 11) is -8.46. The lowest BCUT2D eigenvalue weighted by atomic mass is 10.0. The van der Waals surface area contributed by atoms with Crippen molar-refractivity contribution in [2.24, 2.45) is 0 Å². The fourth-order valence-corrected chi connectivity index (χ4v) is 2.90. The Morgan fingerprint density at radius 1 is 0.857 bits per heavy atom. The van der Waals surface area contributed by atoms with Gasteiger partial charge in [-0.1, -0.05) is 0 Å². The third-order valence-electron chi connectivity index (χ3n) is 2.86. The van der Waals surface area contributed by atoms with Gasteiger partial charge in [-0.3, -0.25) is 9.13 Å². The number of benzene rings is 1. The van der Waals surface area contributed by atoms with E-state index in [1.165, 1.54) is 12.1 Å². The molecule has 0 unspecified atom stereocenters. The summed E-state index contributed by atoms with van der Waals surface area (Å²) in [5, 5.41) is 19.2. The van der Waals surface area contributed by atoms with Crippen LogP contribution in [0.4, 0.5) is 0 Å². The van der Waals surface area contributed by atoms with E-state index in [1.807, 2.05) is 0 Å². The summed E-state index contributed by atoms with van der Waals surface area (Å²) in [6.45, 7) is -0.355. The number of phenolic OH excluding ortho intramolecular Hbond substituents is 1. The Hall–Kier alpha value is -0.720. The van der Waals surface area contributed by atoms with Crippen molar-refractivity contribution in [2.45, 2.75) is 19.4 Å². The van der Waals surface area contributed by atoms with Crippen LogP contribution in [0.5, 0.6) is 5.75 Å². The average Bonchev–Trinajstić information content (AvgIpc) is 2.34. The first-order chi connectivity index (χ1) is 9.52. The molecular weight excluding hydrogens is 322 g/mol. The molecule has 0 saturated carbocycles. The molecule has 0 heterocycles. The second kappa shape index (κ2) is 7.03. The molecule has 0 atom stereocenters. The predicted molar refractivity (Wildman–Crippen MR) is 75.3 cm³/mol. The molecule has 1 aromatic carbocycles. The molecule has 0 aliphatic rings. The van der Waals surface area contributed by atoms with Gasteiger partial charge < -0.3 is 29.8 Å². The van der Waals surface area contributed by atoms with Gasteiger partial charge in [0, 0.05) is 0 Å². The van der Waals surface area contributed by atoms with Crippen LogP contribution >= 0.6 is 15.2 Å². The Morgan fingerprint density at radius 2 is 1.24 bits per heavy atom. The number of hydrogen-bond donors (Lipinski definition) is 6. The highest BCUT2D eigenvalue weighted by molar-refractivity contribution is 7.52. The molecule has 0 radical (unpaired) electrons. The third-order valence-corrected chi connectivity index (χ3v) is 4.47. The molecule has 6 N–H and O–H groups in total. The van der Waals surface area contributed by atoms with Crippen LogP contribution in [0.25, 0.3) is 0 Å². The molecule has 120 valence electrons. The summed E-state index contributed by atoms with van der Waals surface area (Å²) >= 11 is 0. The third kappa shape index (κ3) is 6.72. The van der Waals surface area contributed by atoms with Gasteiger partial charge in [-0.05, 0) is 41.7 Å². The van der Waals surface area contributed by atoms with Crippen molar-refractivity contribution >= 4 is 15.2 Å². The first-order valence-electron chi connectivity index (χ1n) is 6.05. The number of aliphatic hydroxyl groups excluding tert-OH is 1. The van der Waals surface area contributed by atoms with Crippen molar-refractivity contribution in [3.05, 3.63) is 28.8 Å². The van der Waals surface area contributed by atoms with Gasteiger partial charge in [0.15, 0.2) is 0 Å². The topological polar surface area (TPSA) is 156 Å². The van der Waals surface area contributed by atoms with Crippen LogP contribution in [-0.4, -0.2) is 42.1 Å². The minimum atomic E-state index is -4.23. The van der Waals surface area contributed by atoms with Crippen LogP contribution in [0.15, 0.2) is 12.1 Å². The second-order valence-electron chi connectivity index (χ2n) is 4.70. The fraction of sp³-hybridized carbons (Fsp3) is 0.455. The molecule has 0 aliphatic carbocycles. The summed E-state index contributed by atoms with van der Waals surface area (Å²) in [5.41, 5.74) is 0.852. The molecular formula is C11H18O8P2. The van der Waals surface area contributed by atoms with Crippen molar-refractivity contribution < 1.29 is 38.9 Å². The molecule has 0 bridgehead atoms. The van der Waals surface area contributed by atoms with E-state index >= 15 is 0 Å². The number of hydrogen-bond acceptors (Lipinski definition) is 4. The van der Waals surface area contributed by atoms with Crippen molar-refractivity contribution in [3.8, 4) is 5.75 Å². The zero-order valence-corrected chi connectivity index (χ0v) is 12.9. The summed E-state index contributed by atoms with van der Waals surface area (Å²) in [6, 6.07) is 2.82. The highest BCUT2D eigenvalue weighted by Crippen LogP contribution is 2.39. The van der Waals surface area contributed by atoms with Gasteiger partial charge in [-0.2, -0.15) is 0 Å². The summed E-state index contributed by atoms with van der Waals surface area (Å²) in [4.78, 5) is 35.4. The molecule has 10 heteroatoms. The quantitative estimate of drug-likeness (QED) is 0.388. The first-order valence-corrected chi connectivity index (χ1v) is 9.65. The molecule has 1 aromatic rings. The molecule has 0 spiro atoms. The number of aryl methyl sites for hydroxylation is 2. The Kier molecular flexibility index (Phi) is 6.13. The molecule has 0 fully saturated rings. The average molecular weight is 340 g/mol. The van der Waals surface area contributed by atoms with Crippen molar-refractivity contribution in [2.75, 3.05) is 12.3 Å². The maximum atomic E-state index is 10.9. The van der Waals surface area contributed by atoms with Crippen LogP contribution in [0.2, 0.25) is 0 Å². The molecule has 21 heavy (non-hydrogen) atoms. The predicted octanol–water partition coefficient (Wildman–Crippen LogP) is 0.325. The van der Waals surface area contributed by atoms with Gasteiger partial charge in [-0.25, -0.2) is 0 Å². The SMILES string of the molecule is O=P(O)(O)CCc1cc(CO)cc(CCP(=O)(O)O)c1O. The van der Waals surface area contributed by atoms with E-state index in [-0.39, 0.29) is 36.3 Å². The van der Waals surface area contributed by atoms with Gasteiger partial charge in [0.25, 0.3) is 0 Å². The minimum absolute atomic E-state index is 0.104. The van der Waals surface area contributed by atoms with Crippen LogP contribution in [0.1, 0.15) is 16.7 Å². The maximum Gasteiger partial charge on any atom is 0.325 e. The molecule has 1 rings (SSSR count). The number of rotatable bonds is 7. The van der Waals surface area contributed by atoms with Crippen molar-refractivity contribution in [1.29, 1.82) is 0 Å². The lowest BCUT2D eigenvalue weighted by molar-refractivity contribution is 0.281. The normalized spacial score (nSPS) is 12.6. The summed E-state index contributed by atoms with van der Waals surface area (Å²) in [6.07, 6.45) is -1.14. The van der Waals surface area contributed by atoms with Gasteiger partial charge >= 0.3 is 15.2 Å². The number of aromatic hydroxyl groups is 1. The summed E-state index contributed by atoms with van der Waals surface area (Å²) in [5.74, 6) is -0.255. The molecule has 0 aromatic heterocycles. The molecule has 0 amide bonds. The monoisotopic (exact) mass is 340 g/mol. The van der Waals surface area contributed by atoms with Gasteiger partial charge in [0.05, 0.1) is 18.9 Å². The van der Waals surface area contributed by atoms with Gasteiger partial charge in [0.1, 0.15) is 5.75 Å². The van der Waals surface area contributed by atoms with Crippen LogP contribution in [-0.2, 0) is 28.6 Å². The molecule has 8 nitrogen and oxygen atoms in total. The number of phenols is 1. The summed E-state index contributed by atoms with van der Waals surface area (Å²) < 4.78 is 21.7. The highest BCUT2D eigenvalue weighted by Gasteiger charge is 2.19. The van der Waals surface area contributed by atoms with E-state index in [4.69, 9.17) is 24.7 Å². The lowest BCUT2D eigenvalue weighted by Gasteiger charge is -2.13. The Balaban J connectivity index is 3.03. The smallest absolute Gasteiger partial charge is 0.325 e. The van der Waals surface area contributed by atoms with Crippen molar-refractivity contribution in [1.82, 2.24) is 0 Å². The van der Waals surface area contributed by atoms with Crippen LogP contribution in [0, 0.1) is 0 Å². The van der Waals surface area contributed by atoms with Crippen LogP contribution in [0.3, 0.4) is 0 Å². The Bertz CT molecular complexity index is 541. The van der Waals surface area contributed by atoms with E-state index in [0.717, 1.165) is 0 Å². The zero-order chi connectivity index (χ0) is 16.3. The highest BCUT2D eigenvalue weighted by atomic mass is 31.2. The Labute approximate surface area is 121 Å². The van der Waals surface area contributed by atoms with Crippen molar-refractivity contribution in [3.63, 3.8) is 0 Å². The minimum Gasteiger partial charge on any atom is -0.507 e. The van der Waals surface area contributed by atoms with Crippen LogP contribution < -0.4 is 0 Å². The first kappa shape index (κ1) is 18.3. The largest absolute Gasteiger partial charge is 0.507 e. The van der Waals surface area contributed by atoms with E-state index < -0.39 is 27.5 Å². The number of aliphatic hydroxyl groups is 1. The zero-order valence-electron chi connectivity index (χ0n) is 11.1. The lowest BCUT2D eigenvalue weighted by Crippen LogP contribution is -2.01. The fourth-order valence-electron chi connectivity index (χ4n) is 1.84.